The molecular formula is C27H24ClF3N2O5S. The number of anilines is 1. The van der Waals surface area contributed by atoms with Crippen LogP contribution in [-0.2, 0) is 9.84 Å². The molecule has 0 unspecified atom stereocenters. The second kappa shape index (κ2) is 10.2. The molecular weight excluding hydrogens is 557 g/mol. The lowest BCUT2D eigenvalue weighted by atomic mass is 9.70. The number of pyridine rings is 1. The van der Waals surface area contributed by atoms with E-state index in [2.05, 4.69) is 10.3 Å². The van der Waals surface area contributed by atoms with E-state index in [1.807, 2.05) is 0 Å². The number of hydrogen-bond acceptors (Lipinski definition) is 6. The zero-order valence-electron chi connectivity index (χ0n) is 20.3. The third-order valence-electron chi connectivity index (χ3n) is 7.84. The maximum absolute atomic E-state index is 13.7. The van der Waals surface area contributed by atoms with Crippen molar-refractivity contribution < 1.29 is 36.6 Å². The molecule has 39 heavy (non-hydrogen) atoms. The van der Waals surface area contributed by atoms with Crippen LogP contribution < -0.4 is 5.32 Å². The molecule has 5 rings (SSSR count). The smallest absolute Gasteiger partial charge is 0.255 e. The molecule has 7 nitrogen and oxygen atoms in total. The maximum atomic E-state index is 13.7. The van der Waals surface area contributed by atoms with Gasteiger partial charge in [-0.05, 0) is 80.0 Å². The van der Waals surface area contributed by atoms with Gasteiger partial charge in [0.05, 0.1) is 20.9 Å². The lowest BCUT2D eigenvalue weighted by Crippen LogP contribution is -2.52. The van der Waals surface area contributed by atoms with Gasteiger partial charge in [-0.3, -0.25) is 9.78 Å². The molecule has 2 fully saturated rings. The van der Waals surface area contributed by atoms with Crippen molar-refractivity contribution in [3.63, 3.8) is 0 Å². The lowest BCUT2D eigenvalue weighted by Gasteiger charge is -2.45. The van der Waals surface area contributed by atoms with Crippen LogP contribution >= 0.6 is 11.6 Å². The highest BCUT2D eigenvalue weighted by Crippen LogP contribution is 2.56. The third-order valence-corrected chi connectivity index (χ3v) is 10.5. The molecule has 12 heteroatoms. The Morgan fingerprint density at radius 3 is 2.36 bits per heavy atom. The highest BCUT2D eigenvalue weighted by molar-refractivity contribution is 7.92. The molecule has 0 aliphatic heterocycles. The molecule has 2 aliphatic carbocycles. The minimum Gasteiger partial charge on any atom is -0.386 e. The van der Waals surface area contributed by atoms with Gasteiger partial charge in [0.2, 0.25) is 0 Å². The molecule has 5 atom stereocenters. The van der Waals surface area contributed by atoms with Gasteiger partial charge in [0.1, 0.15) is 17.5 Å². The number of amides is 1. The number of aromatic nitrogens is 1. The van der Waals surface area contributed by atoms with E-state index < -0.39 is 62.0 Å². The van der Waals surface area contributed by atoms with Crippen LogP contribution in [0.3, 0.4) is 0 Å². The Morgan fingerprint density at radius 2 is 1.72 bits per heavy atom. The van der Waals surface area contributed by atoms with Gasteiger partial charge in [0.25, 0.3) is 5.91 Å². The minimum absolute atomic E-state index is 0.0172. The summed E-state index contributed by atoms with van der Waals surface area (Å²) in [5.74, 6) is -4.81. The molecule has 3 aromatic rings. The van der Waals surface area contributed by atoms with E-state index in [1.165, 1.54) is 18.3 Å². The summed E-state index contributed by atoms with van der Waals surface area (Å²) in [5.41, 5.74) is -1.79. The number of carbonyl (C=O) groups excluding carboxylic acids is 1. The number of sulfone groups is 1. The van der Waals surface area contributed by atoms with E-state index in [1.54, 1.807) is 0 Å². The quantitative estimate of drug-likeness (QED) is 0.384. The Balaban J connectivity index is 1.39. The SMILES string of the molecule is O=C(Nc1ccc(F)c(F)c1)c1ccc(Cl)c(S(=O)(=O)[C@@H]2C[C@H]3CC[C@@H](C2)[C@@]3(O)[C@H](O)c2cc(F)ccn2)c1. The average molecular weight is 581 g/mol. The Bertz CT molecular complexity index is 1540. The molecule has 2 bridgehead atoms. The van der Waals surface area contributed by atoms with E-state index in [4.69, 9.17) is 11.6 Å². The van der Waals surface area contributed by atoms with Crippen molar-refractivity contribution in [1.29, 1.82) is 0 Å². The number of fused-ring (bicyclic) bond motifs is 2. The lowest BCUT2D eigenvalue weighted by molar-refractivity contribution is -0.146. The van der Waals surface area contributed by atoms with Crippen LogP contribution in [0.25, 0.3) is 0 Å². The number of aliphatic hydroxyl groups excluding tert-OH is 1. The number of hydrogen-bond donors (Lipinski definition) is 3. The van der Waals surface area contributed by atoms with Crippen LogP contribution in [0, 0.1) is 29.3 Å². The Morgan fingerprint density at radius 1 is 1.03 bits per heavy atom. The van der Waals surface area contributed by atoms with Gasteiger partial charge in [0.15, 0.2) is 21.5 Å². The first-order valence-electron chi connectivity index (χ1n) is 12.2. The monoisotopic (exact) mass is 580 g/mol. The molecule has 1 aromatic heterocycles. The van der Waals surface area contributed by atoms with Crippen molar-refractivity contribution in [2.45, 2.75) is 47.5 Å². The van der Waals surface area contributed by atoms with Gasteiger partial charge in [-0.25, -0.2) is 21.6 Å². The van der Waals surface area contributed by atoms with E-state index >= 15 is 0 Å². The van der Waals surface area contributed by atoms with Crippen LogP contribution in [-0.4, -0.2) is 40.4 Å². The van der Waals surface area contributed by atoms with Gasteiger partial charge >= 0.3 is 0 Å². The summed E-state index contributed by atoms with van der Waals surface area (Å²) in [5, 5.41) is 23.9. The van der Waals surface area contributed by atoms with Crippen molar-refractivity contribution in [2.24, 2.45) is 11.8 Å². The molecule has 0 radical (unpaired) electrons. The summed E-state index contributed by atoms with van der Waals surface area (Å²) in [4.78, 5) is 16.5. The molecule has 2 aromatic carbocycles. The largest absolute Gasteiger partial charge is 0.386 e. The Labute approximate surface area is 227 Å². The molecule has 2 aliphatic rings. The first kappa shape index (κ1) is 27.6. The van der Waals surface area contributed by atoms with Gasteiger partial charge in [-0.1, -0.05) is 11.6 Å². The fraction of sp³-hybridized carbons (Fsp3) is 0.333. The zero-order valence-corrected chi connectivity index (χ0v) is 21.9. The fourth-order valence-electron chi connectivity index (χ4n) is 5.87. The average Bonchev–Trinajstić information content (AvgIpc) is 3.05. The number of rotatable bonds is 6. The summed E-state index contributed by atoms with van der Waals surface area (Å²) in [7, 11) is -4.10. The number of benzene rings is 2. The number of nitrogens with one attached hydrogen (secondary N) is 1. The van der Waals surface area contributed by atoms with Crippen molar-refractivity contribution in [2.75, 3.05) is 5.32 Å². The predicted molar refractivity (Wildman–Crippen MR) is 136 cm³/mol. The number of nitrogens with zero attached hydrogens (tertiary/aromatic N) is 1. The fourth-order valence-corrected chi connectivity index (χ4v) is 8.27. The third kappa shape index (κ3) is 4.93. The van der Waals surface area contributed by atoms with Crippen molar-refractivity contribution in [3.05, 3.63) is 88.5 Å². The van der Waals surface area contributed by atoms with Crippen LogP contribution in [0.5, 0.6) is 0 Å². The first-order valence-corrected chi connectivity index (χ1v) is 14.2. The topological polar surface area (TPSA) is 117 Å². The number of halogens is 4. The Hall–Kier alpha value is -2.99. The second-order valence-electron chi connectivity index (χ2n) is 10.0. The predicted octanol–water partition coefficient (Wildman–Crippen LogP) is 4.83. The van der Waals surface area contributed by atoms with Crippen LogP contribution in [0.1, 0.15) is 47.8 Å². The Kier molecular flexibility index (Phi) is 7.21. The molecule has 0 saturated heterocycles. The summed E-state index contributed by atoms with van der Waals surface area (Å²) in [6, 6.07) is 8.67. The molecule has 206 valence electrons. The summed E-state index contributed by atoms with van der Waals surface area (Å²) in [6.45, 7) is 0. The summed E-state index contributed by atoms with van der Waals surface area (Å²) in [6.07, 6.45) is 0.648. The molecule has 1 amide bonds. The standard InChI is InChI=1S/C27H24ClF3N2O5S/c28-20-5-1-14(26(35)33-18-4-6-21(30)22(31)13-18)9-24(20)39(37,38)19-10-15-2-3-16(11-19)27(15,36)25(34)23-12-17(29)7-8-32-23/h1,4-9,12-13,15-16,19,25,34,36H,2-3,10-11H2,(H,33,35)/t15-,16+,19-,25-,27-/m1/s1. The van der Waals surface area contributed by atoms with Gasteiger partial charge in [-0.15, -0.1) is 0 Å². The van der Waals surface area contributed by atoms with E-state index in [0.29, 0.717) is 12.8 Å². The van der Waals surface area contributed by atoms with Gasteiger partial charge in [-0.2, -0.15) is 0 Å². The zero-order chi connectivity index (χ0) is 28.1. The molecule has 1 heterocycles. The molecule has 2 saturated carbocycles. The molecule has 3 N–H and O–H groups in total. The number of carbonyl (C=O) groups is 1. The van der Waals surface area contributed by atoms with E-state index in [-0.39, 0.29) is 39.7 Å². The highest BCUT2D eigenvalue weighted by Gasteiger charge is 2.59. The number of aliphatic hydroxyl groups is 2. The van der Waals surface area contributed by atoms with E-state index in [9.17, 15) is 36.6 Å². The first-order chi connectivity index (χ1) is 18.4. The second-order valence-corrected chi connectivity index (χ2v) is 12.6. The maximum Gasteiger partial charge on any atom is 0.255 e. The van der Waals surface area contributed by atoms with Crippen LogP contribution in [0.2, 0.25) is 5.02 Å². The van der Waals surface area contributed by atoms with Crippen molar-refractivity contribution >= 4 is 33.0 Å². The van der Waals surface area contributed by atoms with Crippen LogP contribution in [0.15, 0.2) is 59.6 Å². The molecule has 0 spiro atoms. The van der Waals surface area contributed by atoms with Crippen molar-refractivity contribution in [1.82, 2.24) is 4.98 Å². The van der Waals surface area contributed by atoms with Gasteiger partial charge in [0, 0.05) is 23.5 Å². The van der Waals surface area contributed by atoms with Crippen LogP contribution in [0.4, 0.5) is 18.9 Å². The summed E-state index contributed by atoms with van der Waals surface area (Å²) < 4.78 is 67.9. The van der Waals surface area contributed by atoms with E-state index in [0.717, 1.165) is 36.4 Å². The minimum atomic E-state index is -4.10. The van der Waals surface area contributed by atoms with Gasteiger partial charge < -0.3 is 15.5 Å². The normalized spacial score (nSPS) is 25.3. The van der Waals surface area contributed by atoms with Crippen molar-refractivity contribution in [3.8, 4) is 0 Å². The highest BCUT2D eigenvalue weighted by atomic mass is 35.5. The summed E-state index contributed by atoms with van der Waals surface area (Å²) >= 11 is 6.26.